The van der Waals surface area contributed by atoms with E-state index in [0.717, 1.165) is 12.0 Å². The zero-order valence-corrected chi connectivity index (χ0v) is 20.5. The van der Waals surface area contributed by atoms with Crippen molar-refractivity contribution in [2.45, 2.75) is 89.8 Å². The second-order valence-corrected chi connectivity index (χ2v) is 15.0. The Morgan fingerprint density at radius 1 is 1.24 bits per heavy atom. The van der Waals surface area contributed by atoms with E-state index in [0.29, 0.717) is 13.0 Å². The molecule has 1 fully saturated rings. The van der Waals surface area contributed by atoms with Gasteiger partial charge in [0.2, 0.25) is 0 Å². The molecule has 0 radical (unpaired) electrons. The van der Waals surface area contributed by atoms with Crippen LogP contribution in [0.4, 0.5) is 4.79 Å². The van der Waals surface area contributed by atoms with Crippen molar-refractivity contribution >= 4 is 14.4 Å². The van der Waals surface area contributed by atoms with Crippen molar-refractivity contribution in [3.05, 3.63) is 48.6 Å². The molecule has 0 spiro atoms. The molecule has 2 rings (SSSR count). The van der Waals surface area contributed by atoms with Gasteiger partial charge in [0.1, 0.15) is 5.60 Å². The van der Waals surface area contributed by atoms with Gasteiger partial charge in [0.05, 0.1) is 11.6 Å². The standard InChI is InChI=1S/C24H39NO3Si/c1-10-16-24(20-14-12-11-13-15-20)17-18-25(21(26)27-24)19(2)23(6,7)28-29(8,9)22(3,4)5/h10-15,19H,1,16-18H2,2-9H3/t19?,24-/m0/s1. The predicted molar refractivity (Wildman–Crippen MR) is 123 cm³/mol. The second kappa shape index (κ2) is 8.27. The van der Waals surface area contributed by atoms with Crippen molar-refractivity contribution in [1.29, 1.82) is 0 Å². The third-order valence-electron chi connectivity index (χ3n) is 6.85. The zero-order chi connectivity index (χ0) is 22.1. The summed E-state index contributed by atoms with van der Waals surface area (Å²) in [5.74, 6) is 0. The van der Waals surface area contributed by atoms with Gasteiger partial charge in [0.25, 0.3) is 0 Å². The van der Waals surface area contributed by atoms with Gasteiger partial charge in [-0.05, 0) is 44.5 Å². The summed E-state index contributed by atoms with van der Waals surface area (Å²) >= 11 is 0. The number of rotatable bonds is 7. The van der Waals surface area contributed by atoms with Crippen molar-refractivity contribution in [3.63, 3.8) is 0 Å². The number of hydrogen-bond donors (Lipinski definition) is 0. The Kier molecular flexibility index (Phi) is 6.75. The first kappa shape index (κ1) is 23.7. The van der Waals surface area contributed by atoms with Crippen LogP contribution in [0, 0.1) is 0 Å². The fourth-order valence-corrected chi connectivity index (χ4v) is 5.52. The van der Waals surface area contributed by atoms with Crippen LogP contribution >= 0.6 is 0 Å². The van der Waals surface area contributed by atoms with Gasteiger partial charge in [-0.25, -0.2) is 4.79 Å². The topological polar surface area (TPSA) is 38.8 Å². The summed E-state index contributed by atoms with van der Waals surface area (Å²) in [6, 6.07) is 9.91. The van der Waals surface area contributed by atoms with E-state index >= 15 is 0 Å². The first-order valence-electron chi connectivity index (χ1n) is 10.6. The van der Waals surface area contributed by atoms with E-state index in [2.05, 4.69) is 61.2 Å². The first-order chi connectivity index (χ1) is 13.3. The van der Waals surface area contributed by atoms with Crippen LogP contribution in [0.2, 0.25) is 18.1 Å². The number of amides is 1. The van der Waals surface area contributed by atoms with Crippen molar-refractivity contribution in [2.75, 3.05) is 6.54 Å². The molecule has 5 heteroatoms. The van der Waals surface area contributed by atoms with Crippen LogP contribution in [0.5, 0.6) is 0 Å². The maximum atomic E-state index is 13.1. The smallest absolute Gasteiger partial charge is 0.411 e. The molecule has 1 aromatic carbocycles. The first-order valence-corrected chi connectivity index (χ1v) is 13.5. The SMILES string of the molecule is C=CC[C@@]1(c2ccccc2)CCN(C(C)C(C)(C)O[Si](C)(C)C(C)(C)C)C(=O)O1. The van der Waals surface area contributed by atoms with Gasteiger partial charge in [-0.2, -0.15) is 0 Å². The largest absolute Gasteiger partial charge is 0.437 e. The fraction of sp³-hybridized carbons (Fsp3) is 0.625. The lowest BCUT2D eigenvalue weighted by atomic mass is 9.85. The van der Waals surface area contributed by atoms with Crippen LogP contribution in [0.3, 0.4) is 0 Å². The Morgan fingerprint density at radius 3 is 2.31 bits per heavy atom. The Hall–Kier alpha value is -1.59. The zero-order valence-electron chi connectivity index (χ0n) is 19.5. The van der Waals surface area contributed by atoms with E-state index in [1.165, 1.54) is 0 Å². The van der Waals surface area contributed by atoms with Gasteiger partial charge in [-0.1, -0.05) is 57.2 Å². The summed E-state index contributed by atoms with van der Waals surface area (Å²) in [5, 5.41) is 0.110. The van der Waals surface area contributed by atoms with Gasteiger partial charge in [0, 0.05) is 19.4 Å². The molecule has 0 aromatic heterocycles. The van der Waals surface area contributed by atoms with E-state index in [4.69, 9.17) is 9.16 Å². The van der Waals surface area contributed by atoms with Crippen LogP contribution in [0.15, 0.2) is 43.0 Å². The van der Waals surface area contributed by atoms with Crippen molar-refractivity contribution < 1.29 is 14.0 Å². The monoisotopic (exact) mass is 417 g/mol. The quantitative estimate of drug-likeness (QED) is 0.376. The molecular formula is C24H39NO3Si. The van der Waals surface area contributed by atoms with Gasteiger partial charge in [-0.3, -0.25) is 0 Å². The molecule has 2 atom stereocenters. The maximum absolute atomic E-state index is 13.1. The van der Waals surface area contributed by atoms with Crippen LogP contribution in [-0.2, 0) is 14.8 Å². The van der Waals surface area contributed by atoms with Crippen molar-refractivity contribution in [2.24, 2.45) is 0 Å². The number of ether oxygens (including phenoxy) is 1. The molecule has 0 bridgehead atoms. The lowest BCUT2D eigenvalue weighted by Gasteiger charge is -2.50. The summed E-state index contributed by atoms with van der Waals surface area (Å²) in [7, 11) is -1.97. The molecule has 1 aliphatic heterocycles. The Labute approximate surface area is 178 Å². The molecule has 1 aliphatic rings. The van der Waals surface area contributed by atoms with Crippen LogP contribution < -0.4 is 0 Å². The predicted octanol–water partition coefficient (Wildman–Crippen LogP) is 6.49. The average Bonchev–Trinajstić information content (AvgIpc) is 2.60. The Morgan fingerprint density at radius 2 is 1.83 bits per heavy atom. The van der Waals surface area contributed by atoms with Gasteiger partial charge < -0.3 is 14.1 Å². The number of cyclic esters (lactones) is 1. The number of hydrogen-bond acceptors (Lipinski definition) is 3. The van der Waals surface area contributed by atoms with Gasteiger partial charge in [0.15, 0.2) is 8.32 Å². The molecule has 0 saturated carbocycles. The molecule has 4 nitrogen and oxygen atoms in total. The summed E-state index contributed by atoms with van der Waals surface area (Å²) in [5.41, 5.74) is -0.0779. The average molecular weight is 418 g/mol. The maximum Gasteiger partial charge on any atom is 0.411 e. The second-order valence-electron chi connectivity index (χ2n) is 10.3. The molecule has 1 amide bonds. The normalized spacial score (nSPS) is 22.2. The molecule has 29 heavy (non-hydrogen) atoms. The highest BCUT2D eigenvalue weighted by atomic mass is 28.4. The minimum Gasteiger partial charge on any atom is -0.437 e. The van der Waals surface area contributed by atoms with E-state index in [-0.39, 0.29) is 17.2 Å². The minimum atomic E-state index is -1.97. The minimum absolute atomic E-state index is 0.0957. The summed E-state index contributed by atoms with van der Waals surface area (Å²) < 4.78 is 12.8. The van der Waals surface area contributed by atoms with Crippen molar-refractivity contribution in [3.8, 4) is 0 Å². The Balaban J connectivity index is 2.21. The van der Waals surface area contributed by atoms with Crippen LogP contribution in [0.25, 0.3) is 0 Å². The summed E-state index contributed by atoms with van der Waals surface area (Å²) in [6.45, 7) is 22.0. The van der Waals surface area contributed by atoms with Crippen LogP contribution in [0.1, 0.15) is 59.9 Å². The fourth-order valence-electron chi connectivity index (χ4n) is 3.73. The third kappa shape index (κ3) is 4.94. The highest BCUT2D eigenvalue weighted by Crippen LogP contribution is 2.42. The number of carbonyl (C=O) groups is 1. The van der Waals surface area contributed by atoms with E-state index < -0.39 is 19.5 Å². The van der Waals surface area contributed by atoms with Gasteiger partial charge >= 0.3 is 6.09 Å². The molecule has 1 unspecified atom stereocenters. The summed E-state index contributed by atoms with van der Waals surface area (Å²) in [6.07, 6.45) is 2.90. The molecule has 162 valence electrons. The molecule has 0 aliphatic carbocycles. The Bertz CT molecular complexity index is 723. The van der Waals surface area contributed by atoms with E-state index in [1.54, 1.807) is 0 Å². The molecule has 1 heterocycles. The van der Waals surface area contributed by atoms with Crippen LogP contribution in [-0.4, -0.2) is 37.5 Å². The molecular weight excluding hydrogens is 378 g/mol. The lowest BCUT2D eigenvalue weighted by molar-refractivity contribution is -0.0816. The number of benzene rings is 1. The molecule has 1 aromatic rings. The van der Waals surface area contributed by atoms with E-state index in [9.17, 15) is 4.79 Å². The highest BCUT2D eigenvalue weighted by molar-refractivity contribution is 6.74. The number of carbonyl (C=O) groups excluding carboxylic acids is 1. The molecule has 0 N–H and O–H groups in total. The van der Waals surface area contributed by atoms with Gasteiger partial charge in [-0.15, -0.1) is 6.58 Å². The molecule has 1 saturated heterocycles. The third-order valence-corrected chi connectivity index (χ3v) is 11.5. The van der Waals surface area contributed by atoms with Crippen molar-refractivity contribution in [1.82, 2.24) is 4.90 Å². The number of nitrogens with zero attached hydrogens (tertiary/aromatic N) is 1. The summed E-state index contributed by atoms with van der Waals surface area (Å²) in [4.78, 5) is 15.0. The highest BCUT2D eigenvalue weighted by Gasteiger charge is 2.48. The lowest BCUT2D eigenvalue weighted by Crippen LogP contribution is -2.60. The van der Waals surface area contributed by atoms with E-state index in [1.807, 2.05) is 41.3 Å².